The summed E-state index contributed by atoms with van der Waals surface area (Å²) in [5.74, 6) is 3.57. The molecule has 27 heavy (non-hydrogen) atoms. The SMILES string of the molecule is Cc1nnc(N2CCC(c3nnc(CN(C)C)n3C)CC2)c2ccccc12. The maximum absolute atomic E-state index is 4.52. The van der Waals surface area contributed by atoms with E-state index in [1.165, 1.54) is 10.8 Å². The Labute approximate surface area is 160 Å². The van der Waals surface area contributed by atoms with Crippen molar-refractivity contribution in [1.29, 1.82) is 0 Å². The van der Waals surface area contributed by atoms with Crippen molar-refractivity contribution >= 4 is 16.6 Å². The van der Waals surface area contributed by atoms with E-state index in [-0.39, 0.29) is 0 Å². The second-order valence-electron chi connectivity index (χ2n) is 7.69. The van der Waals surface area contributed by atoms with Crippen LogP contribution in [0.3, 0.4) is 0 Å². The molecular formula is C20H27N7. The minimum Gasteiger partial charge on any atom is -0.355 e. The van der Waals surface area contributed by atoms with Gasteiger partial charge in [0.05, 0.1) is 12.2 Å². The first kappa shape index (κ1) is 17.9. The zero-order valence-electron chi connectivity index (χ0n) is 16.6. The molecule has 0 aliphatic carbocycles. The van der Waals surface area contributed by atoms with E-state index in [1.807, 2.05) is 6.92 Å². The average Bonchev–Trinajstić information content (AvgIpc) is 3.02. The molecule has 1 aromatic carbocycles. The van der Waals surface area contributed by atoms with Crippen LogP contribution in [0.2, 0.25) is 0 Å². The third kappa shape index (κ3) is 3.39. The van der Waals surface area contributed by atoms with Crippen molar-refractivity contribution in [2.24, 2.45) is 7.05 Å². The molecular weight excluding hydrogens is 338 g/mol. The van der Waals surface area contributed by atoms with Gasteiger partial charge < -0.3 is 14.4 Å². The Hall–Kier alpha value is -2.54. The Morgan fingerprint density at radius 3 is 2.41 bits per heavy atom. The molecule has 0 unspecified atom stereocenters. The van der Waals surface area contributed by atoms with E-state index in [2.05, 4.69) is 80.2 Å². The summed E-state index contributed by atoms with van der Waals surface area (Å²) in [6, 6.07) is 8.41. The second-order valence-corrected chi connectivity index (χ2v) is 7.69. The van der Waals surface area contributed by atoms with Crippen LogP contribution in [0.25, 0.3) is 10.8 Å². The van der Waals surface area contributed by atoms with Gasteiger partial charge >= 0.3 is 0 Å². The summed E-state index contributed by atoms with van der Waals surface area (Å²) in [5, 5.41) is 20.2. The van der Waals surface area contributed by atoms with Crippen LogP contribution >= 0.6 is 0 Å². The van der Waals surface area contributed by atoms with E-state index in [1.54, 1.807) is 0 Å². The van der Waals surface area contributed by atoms with E-state index in [0.717, 1.165) is 55.6 Å². The Balaban J connectivity index is 1.52. The van der Waals surface area contributed by atoms with Crippen LogP contribution in [0.1, 0.15) is 36.1 Å². The number of aryl methyl sites for hydroxylation is 1. The normalized spacial score (nSPS) is 15.8. The second kappa shape index (κ2) is 7.23. The van der Waals surface area contributed by atoms with Gasteiger partial charge in [0.1, 0.15) is 11.6 Å². The summed E-state index contributed by atoms with van der Waals surface area (Å²) in [6.45, 7) is 4.75. The molecule has 0 atom stereocenters. The number of hydrogen-bond donors (Lipinski definition) is 0. The van der Waals surface area contributed by atoms with Crippen LogP contribution < -0.4 is 4.90 Å². The van der Waals surface area contributed by atoms with Crippen LogP contribution in [0, 0.1) is 6.92 Å². The predicted molar refractivity (Wildman–Crippen MR) is 107 cm³/mol. The number of hydrogen-bond acceptors (Lipinski definition) is 6. The largest absolute Gasteiger partial charge is 0.355 e. The van der Waals surface area contributed by atoms with Crippen molar-refractivity contribution in [2.45, 2.75) is 32.2 Å². The first-order valence-corrected chi connectivity index (χ1v) is 9.54. The maximum atomic E-state index is 4.52. The van der Waals surface area contributed by atoms with Crippen molar-refractivity contribution in [3.8, 4) is 0 Å². The first-order valence-electron chi connectivity index (χ1n) is 9.54. The summed E-state index contributed by atoms with van der Waals surface area (Å²) in [5.41, 5.74) is 0.983. The van der Waals surface area contributed by atoms with Gasteiger partial charge in [-0.25, -0.2) is 0 Å². The molecule has 1 aliphatic rings. The molecule has 0 amide bonds. The molecule has 0 spiro atoms. The summed E-state index contributed by atoms with van der Waals surface area (Å²) in [7, 11) is 6.19. The lowest BCUT2D eigenvalue weighted by Crippen LogP contribution is -2.34. The van der Waals surface area contributed by atoms with Crippen LogP contribution in [0.4, 0.5) is 5.82 Å². The Morgan fingerprint density at radius 2 is 1.70 bits per heavy atom. The van der Waals surface area contributed by atoms with Gasteiger partial charge in [0.2, 0.25) is 0 Å². The van der Waals surface area contributed by atoms with Gasteiger partial charge in [0, 0.05) is 36.8 Å². The van der Waals surface area contributed by atoms with Gasteiger partial charge in [-0.05, 0) is 33.9 Å². The molecule has 2 aromatic heterocycles. The molecule has 1 fully saturated rings. The fourth-order valence-electron chi connectivity index (χ4n) is 3.96. The standard InChI is InChI=1S/C20H27N7/c1-14-16-7-5-6-8-17(16)20(24-21-14)27-11-9-15(10-12-27)19-23-22-18(26(19)4)13-25(2)3/h5-8,15H,9-13H2,1-4H3. The number of rotatable bonds is 4. The maximum Gasteiger partial charge on any atom is 0.159 e. The molecule has 0 N–H and O–H groups in total. The zero-order valence-corrected chi connectivity index (χ0v) is 16.6. The molecule has 1 saturated heterocycles. The van der Waals surface area contributed by atoms with Gasteiger partial charge in [-0.15, -0.1) is 15.3 Å². The zero-order chi connectivity index (χ0) is 19.0. The lowest BCUT2D eigenvalue weighted by Gasteiger charge is -2.32. The van der Waals surface area contributed by atoms with Crippen molar-refractivity contribution in [3.05, 3.63) is 41.6 Å². The van der Waals surface area contributed by atoms with Crippen molar-refractivity contribution in [2.75, 3.05) is 32.1 Å². The van der Waals surface area contributed by atoms with Crippen LogP contribution in [-0.4, -0.2) is 57.0 Å². The Kier molecular flexibility index (Phi) is 4.78. The molecule has 142 valence electrons. The number of benzene rings is 1. The van der Waals surface area contributed by atoms with Crippen molar-refractivity contribution < 1.29 is 0 Å². The Bertz CT molecular complexity index is 939. The number of nitrogens with zero attached hydrogens (tertiary/aromatic N) is 7. The highest BCUT2D eigenvalue weighted by atomic mass is 15.3. The summed E-state index contributed by atoms with van der Waals surface area (Å²) in [4.78, 5) is 4.49. The number of fused-ring (bicyclic) bond motifs is 1. The van der Waals surface area contributed by atoms with Crippen LogP contribution in [0.5, 0.6) is 0 Å². The molecule has 4 rings (SSSR count). The monoisotopic (exact) mass is 365 g/mol. The highest BCUT2D eigenvalue weighted by Crippen LogP contribution is 2.32. The summed E-state index contributed by atoms with van der Waals surface area (Å²) >= 11 is 0. The highest BCUT2D eigenvalue weighted by Gasteiger charge is 2.27. The fraction of sp³-hybridized carbons (Fsp3) is 0.500. The van der Waals surface area contributed by atoms with Gasteiger partial charge in [0.25, 0.3) is 0 Å². The smallest absolute Gasteiger partial charge is 0.159 e. The van der Waals surface area contributed by atoms with E-state index in [0.29, 0.717) is 5.92 Å². The van der Waals surface area contributed by atoms with Crippen LogP contribution in [-0.2, 0) is 13.6 Å². The topological polar surface area (TPSA) is 63.0 Å². The van der Waals surface area contributed by atoms with Gasteiger partial charge in [0.15, 0.2) is 5.82 Å². The summed E-state index contributed by atoms with van der Waals surface area (Å²) < 4.78 is 2.17. The van der Waals surface area contributed by atoms with Crippen LogP contribution in [0.15, 0.2) is 24.3 Å². The average molecular weight is 365 g/mol. The minimum absolute atomic E-state index is 0.444. The predicted octanol–water partition coefficient (Wildman–Crippen LogP) is 2.51. The number of anilines is 1. The molecule has 0 radical (unpaired) electrons. The molecule has 1 aliphatic heterocycles. The van der Waals surface area contributed by atoms with Crippen molar-refractivity contribution in [1.82, 2.24) is 29.9 Å². The van der Waals surface area contributed by atoms with Gasteiger partial charge in [-0.1, -0.05) is 24.3 Å². The Morgan fingerprint density at radius 1 is 1.00 bits per heavy atom. The molecule has 3 heterocycles. The molecule has 0 saturated carbocycles. The molecule has 7 nitrogen and oxygen atoms in total. The van der Waals surface area contributed by atoms with Gasteiger partial charge in [-0.2, -0.15) is 5.10 Å². The van der Waals surface area contributed by atoms with Crippen molar-refractivity contribution in [3.63, 3.8) is 0 Å². The number of aromatic nitrogens is 5. The van der Waals surface area contributed by atoms with E-state index in [4.69, 9.17) is 0 Å². The number of piperidine rings is 1. The molecule has 7 heteroatoms. The lowest BCUT2D eigenvalue weighted by atomic mass is 9.95. The van der Waals surface area contributed by atoms with Gasteiger partial charge in [-0.3, -0.25) is 0 Å². The quantitative estimate of drug-likeness (QED) is 0.708. The van der Waals surface area contributed by atoms with E-state index >= 15 is 0 Å². The molecule has 3 aromatic rings. The molecule has 0 bridgehead atoms. The summed E-state index contributed by atoms with van der Waals surface area (Å²) in [6.07, 6.45) is 2.11. The first-order chi connectivity index (χ1) is 13.0. The lowest BCUT2D eigenvalue weighted by molar-refractivity contribution is 0.381. The third-order valence-corrected chi connectivity index (χ3v) is 5.47. The fourth-order valence-corrected chi connectivity index (χ4v) is 3.96. The highest BCUT2D eigenvalue weighted by molar-refractivity contribution is 5.93. The third-order valence-electron chi connectivity index (χ3n) is 5.47. The van der Waals surface area contributed by atoms with E-state index < -0.39 is 0 Å². The minimum atomic E-state index is 0.444. The van der Waals surface area contributed by atoms with E-state index in [9.17, 15) is 0 Å².